The number of hydrogen-bond acceptors (Lipinski definition) is 4. The molecule has 2 aromatic carbocycles. The molecule has 2 unspecified atom stereocenters. The molecule has 1 fully saturated rings. The van der Waals surface area contributed by atoms with Gasteiger partial charge in [0.1, 0.15) is 0 Å². The molecule has 28 heavy (non-hydrogen) atoms. The van der Waals surface area contributed by atoms with Crippen LogP contribution in [0.15, 0.2) is 60.7 Å². The molecule has 0 bridgehead atoms. The van der Waals surface area contributed by atoms with Gasteiger partial charge in [-0.15, -0.1) is 24.8 Å². The van der Waals surface area contributed by atoms with Gasteiger partial charge in [0, 0.05) is 38.6 Å². The van der Waals surface area contributed by atoms with Gasteiger partial charge in [-0.05, 0) is 11.1 Å². The Bertz CT molecular complexity index is 647. The van der Waals surface area contributed by atoms with Gasteiger partial charge in [-0.2, -0.15) is 0 Å². The van der Waals surface area contributed by atoms with Crippen LogP contribution in [-0.4, -0.2) is 48.2 Å². The Labute approximate surface area is 179 Å². The molecule has 2 atom stereocenters. The van der Waals surface area contributed by atoms with Crippen LogP contribution in [0.2, 0.25) is 0 Å². The zero-order valence-electron chi connectivity index (χ0n) is 15.8. The average molecular weight is 426 g/mol. The zero-order valence-corrected chi connectivity index (χ0v) is 17.4. The van der Waals surface area contributed by atoms with Crippen molar-refractivity contribution in [1.82, 2.24) is 15.5 Å². The van der Waals surface area contributed by atoms with Crippen molar-refractivity contribution >= 4 is 30.7 Å². The highest BCUT2D eigenvalue weighted by Gasteiger charge is 2.25. The zero-order chi connectivity index (χ0) is 18.2. The molecule has 0 saturated carbocycles. The average Bonchev–Trinajstić information content (AvgIpc) is 3.06. The van der Waals surface area contributed by atoms with E-state index in [0.29, 0.717) is 19.6 Å². The Morgan fingerprint density at radius 2 is 1.50 bits per heavy atom. The Hall–Kier alpha value is -1.63. The van der Waals surface area contributed by atoms with Gasteiger partial charge >= 0.3 is 0 Å². The van der Waals surface area contributed by atoms with Crippen molar-refractivity contribution < 1.29 is 9.90 Å². The Morgan fingerprint density at radius 3 is 1.96 bits per heavy atom. The third-order valence-corrected chi connectivity index (χ3v) is 4.73. The number of nitrogens with zero attached hydrogens (tertiary/aromatic N) is 1. The fourth-order valence-electron chi connectivity index (χ4n) is 3.28. The normalized spacial score (nSPS) is 18.2. The van der Waals surface area contributed by atoms with Gasteiger partial charge in [0.2, 0.25) is 5.91 Å². The molecule has 1 aliphatic heterocycles. The second-order valence-corrected chi connectivity index (χ2v) is 6.91. The number of carbonyl (C=O) groups excluding carboxylic acids is 1. The van der Waals surface area contributed by atoms with Crippen molar-refractivity contribution in [3.63, 3.8) is 0 Å². The van der Waals surface area contributed by atoms with E-state index in [-0.39, 0.29) is 42.7 Å². The number of benzene rings is 2. The van der Waals surface area contributed by atoms with Crippen LogP contribution in [0.4, 0.5) is 0 Å². The molecule has 1 saturated heterocycles. The van der Waals surface area contributed by atoms with E-state index in [1.54, 1.807) is 0 Å². The van der Waals surface area contributed by atoms with Gasteiger partial charge in [-0.1, -0.05) is 60.7 Å². The number of amides is 1. The molecular formula is C21H29Cl2N3O2. The van der Waals surface area contributed by atoms with Gasteiger partial charge in [-0.25, -0.2) is 0 Å². The molecule has 1 amide bonds. The summed E-state index contributed by atoms with van der Waals surface area (Å²) in [5, 5.41) is 16.0. The summed E-state index contributed by atoms with van der Waals surface area (Å²) >= 11 is 0. The van der Waals surface area contributed by atoms with Crippen molar-refractivity contribution in [1.29, 1.82) is 0 Å². The number of rotatable bonds is 8. The summed E-state index contributed by atoms with van der Waals surface area (Å²) in [4.78, 5) is 14.6. The standard InChI is InChI=1S/C21H27N3O2.2ClH/c25-20-13-22-11-19(20)12-23-21(26)16-24(14-17-7-3-1-4-8-17)15-18-9-5-2-6-10-18;;/h1-10,19-20,22,25H,11-16H2,(H,23,26);2*1H. The predicted octanol–water partition coefficient (Wildman–Crippen LogP) is 2.23. The van der Waals surface area contributed by atoms with E-state index in [0.717, 1.165) is 19.6 Å². The second kappa shape index (κ2) is 12.8. The molecule has 1 heterocycles. The first-order valence-corrected chi connectivity index (χ1v) is 9.16. The van der Waals surface area contributed by atoms with Crippen molar-refractivity contribution in [2.24, 2.45) is 5.92 Å². The Kier molecular flexibility index (Phi) is 11.1. The van der Waals surface area contributed by atoms with Crippen LogP contribution < -0.4 is 10.6 Å². The van der Waals surface area contributed by atoms with E-state index in [1.807, 2.05) is 36.4 Å². The highest BCUT2D eigenvalue weighted by molar-refractivity contribution is 5.85. The van der Waals surface area contributed by atoms with E-state index in [9.17, 15) is 9.90 Å². The lowest BCUT2D eigenvalue weighted by Gasteiger charge is -2.23. The number of nitrogens with one attached hydrogen (secondary N) is 2. The highest BCUT2D eigenvalue weighted by Crippen LogP contribution is 2.10. The van der Waals surface area contributed by atoms with Crippen LogP contribution in [-0.2, 0) is 17.9 Å². The fourth-order valence-corrected chi connectivity index (χ4v) is 3.28. The Balaban J connectivity index is 0.00000196. The lowest BCUT2D eigenvalue weighted by Crippen LogP contribution is -2.40. The maximum Gasteiger partial charge on any atom is 0.234 e. The number of hydrogen-bond donors (Lipinski definition) is 3. The minimum absolute atomic E-state index is 0. The first kappa shape index (κ1) is 24.4. The number of aliphatic hydroxyl groups excluding tert-OH is 1. The molecule has 1 aliphatic rings. The van der Waals surface area contributed by atoms with Gasteiger partial charge < -0.3 is 15.7 Å². The summed E-state index contributed by atoms with van der Waals surface area (Å²) in [6, 6.07) is 20.4. The monoisotopic (exact) mass is 425 g/mol. The van der Waals surface area contributed by atoms with Crippen LogP contribution >= 0.6 is 24.8 Å². The van der Waals surface area contributed by atoms with Gasteiger partial charge in [0.05, 0.1) is 12.6 Å². The minimum Gasteiger partial charge on any atom is -0.391 e. The maximum atomic E-state index is 12.4. The minimum atomic E-state index is -0.375. The van der Waals surface area contributed by atoms with Gasteiger partial charge in [0.25, 0.3) is 0 Å². The third kappa shape index (κ3) is 7.78. The molecule has 0 aliphatic carbocycles. The molecule has 3 N–H and O–H groups in total. The summed E-state index contributed by atoms with van der Waals surface area (Å²) in [6.45, 7) is 3.64. The molecule has 3 rings (SSSR count). The van der Waals surface area contributed by atoms with E-state index < -0.39 is 0 Å². The number of halogens is 2. The maximum absolute atomic E-state index is 12.4. The number of aliphatic hydroxyl groups is 1. The molecular weight excluding hydrogens is 397 g/mol. The first-order valence-electron chi connectivity index (χ1n) is 9.16. The largest absolute Gasteiger partial charge is 0.391 e. The van der Waals surface area contributed by atoms with Crippen LogP contribution in [0.3, 0.4) is 0 Å². The van der Waals surface area contributed by atoms with E-state index in [2.05, 4.69) is 39.8 Å². The van der Waals surface area contributed by atoms with Crippen molar-refractivity contribution in [3.8, 4) is 0 Å². The molecule has 0 aromatic heterocycles. The van der Waals surface area contributed by atoms with E-state index in [4.69, 9.17) is 0 Å². The highest BCUT2D eigenvalue weighted by atomic mass is 35.5. The molecule has 5 nitrogen and oxygen atoms in total. The SMILES string of the molecule is Cl.Cl.O=C(CN(Cc1ccccc1)Cc1ccccc1)NCC1CNCC1O. The van der Waals surface area contributed by atoms with Crippen LogP contribution in [0.25, 0.3) is 0 Å². The van der Waals surface area contributed by atoms with Crippen molar-refractivity contribution in [2.75, 3.05) is 26.2 Å². The predicted molar refractivity (Wildman–Crippen MR) is 117 cm³/mol. The second-order valence-electron chi connectivity index (χ2n) is 6.91. The topological polar surface area (TPSA) is 64.6 Å². The van der Waals surface area contributed by atoms with Gasteiger partial charge in [-0.3, -0.25) is 9.69 Å². The molecule has 0 spiro atoms. The number of β-amino-alcohol motifs (C(OH)–C–C–N with tert-alkyl or cyclic N) is 1. The Morgan fingerprint density at radius 1 is 0.964 bits per heavy atom. The van der Waals surface area contributed by atoms with Crippen molar-refractivity contribution in [2.45, 2.75) is 19.2 Å². The van der Waals surface area contributed by atoms with Gasteiger partial charge in [0.15, 0.2) is 0 Å². The van der Waals surface area contributed by atoms with Crippen LogP contribution in [0, 0.1) is 5.92 Å². The lowest BCUT2D eigenvalue weighted by molar-refractivity contribution is -0.122. The quantitative estimate of drug-likeness (QED) is 0.606. The summed E-state index contributed by atoms with van der Waals surface area (Å²) in [5.41, 5.74) is 2.37. The first-order chi connectivity index (χ1) is 12.7. The molecule has 0 radical (unpaired) electrons. The summed E-state index contributed by atoms with van der Waals surface area (Å²) in [6.07, 6.45) is -0.375. The lowest BCUT2D eigenvalue weighted by atomic mass is 10.1. The summed E-state index contributed by atoms with van der Waals surface area (Å²) in [7, 11) is 0. The summed E-state index contributed by atoms with van der Waals surface area (Å²) in [5.74, 6) is 0.0895. The molecule has 7 heteroatoms. The smallest absolute Gasteiger partial charge is 0.234 e. The fraction of sp³-hybridized carbons (Fsp3) is 0.381. The molecule has 2 aromatic rings. The van der Waals surface area contributed by atoms with Crippen LogP contribution in [0.1, 0.15) is 11.1 Å². The van der Waals surface area contributed by atoms with E-state index >= 15 is 0 Å². The summed E-state index contributed by atoms with van der Waals surface area (Å²) < 4.78 is 0. The number of carbonyl (C=O) groups is 1. The van der Waals surface area contributed by atoms with Crippen LogP contribution in [0.5, 0.6) is 0 Å². The molecule has 154 valence electrons. The van der Waals surface area contributed by atoms with E-state index in [1.165, 1.54) is 11.1 Å². The van der Waals surface area contributed by atoms with Crippen molar-refractivity contribution in [3.05, 3.63) is 71.8 Å². The third-order valence-electron chi connectivity index (χ3n) is 4.73.